The molecule has 2 heterocycles. The fourth-order valence-electron chi connectivity index (χ4n) is 4.73. The molecule has 1 aliphatic rings. The van der Waals surface area contributed by atoms with Crippen LogP contribution in [-0.2, 0) is 11.2 Å². The monoisotopic (exact) mass is 537 g/mol. The number of benzene rings is 3. The second-order valence-electron chi connectivity index (χ2n) is 9.47. The van der Waals surface area contributed by atoms with Crippen LogP contribution in [0.1, 0.15) is 24.5 Å². The largest absolute Gasteiger partial charge is 0.491 e. The number of fused-ring (bicyclic) bond motifs is 1. The molecule has 3 aromatic carbocycles. The van der Waals surface area contributed by atoms with E-state index in [9.17, 15) is 22.8 Å². The van der Waals surface area contributed by atoms with Gasteiger partial charge in [-0.05, 0) is 60.3 Å². The van der Waals surface area contributed by atoms with E-state index >= 15 is 0 Å². The molecule has 1 aromatic heterocycles. The highest BCUT2D eigenvalue weighted by molar-refractivity contribution is 5.89. The maximum absolute atomic E-state index is 13.1. The molecule has 1 fully saturated rings. The van der Waals surface area contributed by atoms with Gasteiger partial charge in [-0.2, -0.15) is 13.2 Å². The second kappa shape index (κ2) is 10.9. The number of hydrogen-bond acceptors (Lipinski definition) is 6. The third-order valence-corrected chi connectivity index (χ3v) is 6.56. The molecule has 4 aromatic rings. The Hall–Kier alpha value is -4.11. The average Bonchev–Trinajstić information content (AvgIpc) is 2.88. The number of carbonyl (C=O) groups is 1. The van der Waals surface area contributed by atoms with Gasteiger partial charge in [0, 0.05) is 24.5 Å². The lowest BCUT2D eigenvalue weighted by molar-refractivity contribution is -0.189. The van der Waals surface area contributed by atoms with Gasteiger partial charge in [-0.25, -0.2) is 9.59 Å². The van der Waals surface area contributed by atoms with Crippen molar-refractivity contribution in [3.05, 3.63) is 94.3 Å². The highest BCUT2D eigenvalue weighted by Gasteiger charge is 2.41. The Morgan fingerprint density at radius 1 is 1.00 bits per heavy atom. The number of alkyl halides is 3. The Labute approximate surface area is 222 Å². The van der Waals surface area contributed by atoms with Crippen molar-refractivity contribution in [2.75, 3.05) is 19.6 Å². The summed E-state index contributed by atoms with van der Waals surface area (Å²) in [5, 5.41) is 0.520. The van der Waals surface area contributed by atoms with Gasteiger partial charge in [-0.3, -0.25) is 4.90 Å². The molecule has 0 saturated carbocycles. The zero-order valence-electron chi connectivity index (χ0n) is 21.2. The predicted molar refractivity (Wildman–Crippen MR) is 140 cm³/mol. The zero-order valence-corrected chi connectivity index (χ0v) is 21.2. The number of hydrogen-bond donors (Lipinski definition) is 0. The number of carbonyl (C=O) groups excluding carboxylic acids is 1. The van der Waals surface area contributed by atoms with Crippen molar-refractivity contribution < 1.29 is 31.9 Å². The summed E-state index contributed by atoms with van der Waals surface area (Å²) in [5.41, 5.74) is 1.92. The minimum Gasteiger partial charge on any atom is -0.488 e. The van der Waals surface area contributed by atoms with Crippen LogP contribution in [0.2, 0.25) is 0 Å². The van der Waals surface area contributed by atoms with Gasteiger partial charge in [-0.1, -0.05) is 49.4 Å². The third-order valence-electron chi connectivity index (χ3n) is 6.56. The van der Waals surface area contributed by atoms with Crippen molar-refractivity contribution in [1.29, 1.82) is 0 Å². The molecular formula is C30H26F3NO5. The molecule has 0 bridgehead atoms. The van der Waals surface area contributed by atoms with Gasteiger partial charge < -0.3 is 13.9 Å². The van der Waals surface area contributed by atoms with Gasteiger partial charge >= 0.3 is 17.8 Å². The lowest BCUT2D eigenvalue weighted by Gasteiger charge is -2.38. The minimum absolute atomic E-state index is 0.0173. The molecule has 6 nitrogen and oxygen atoms in total. The van der Waals surface area contributed by atoms with Crippen LogP contribution in [-0.4, -0.2) is 42.8 Å². The maximum Gasteiger partial charge on any atom is 0.491 e. The van der Waals surface area contributed by atoms with Crippen LogP contribution in [0.4, 0.5) is 13.2 Å². The Morgan fingerprint density at radius 2 is 1.69 bits per heavy atom. The summed E-state index contributed by atoms with van der Waals surface area (Å²) < 4.78 is 54.0. The Balaban J connectivity index is 1.46. The van der Waals surface area contributed by atoms with Crippen LogP contribution in [0.25, 0.3) is 22.1 Å². The first-order valence-corrected chi connectivity index (χ1v) is 12.6. The van der Waals surface area contributed by atoms with Crippen LogP contribution in [0.5, 0.6) is 11.5 Å². The van der Waals surface area contributed by atoms with E-state index in [0.29, 0.717) is 28.5 Å². The highest BCUT2D eigenvalue weighted by atomic mass is 19.4. The van der Waals surface area contributed by atoms with Gasteiger partial charge in [-0.15, -0.1) is 0 Å². The first-order valence-electron chi connectivity index (χ1n) is 12.6. The Kier molecular flexibility index (Phi) is 7.43. The van der Waals surface area contributed by atoms with Crippen LogP contribution in [0, 0.1) is 0 Å². The molecule has 202 valence electrons. The predicted octanol–water partition coefficient (Wildman–Crippen LogP) is 5.99. The van der Waals surface area contributed by atoms with E-state index in [1.807, 2.05) is 30.3 Å². The van der Waals surface area contributed by atoms with Gasteiger partial charge in [0.25, 0.3) is 0 Å². The molecule has 0 spiro atoms. The average molecular weight is 538 g/mol. The number of halogens is 3. The molecule has 0 N–H and O–H groups in total. The first kappa shape index (κ1) is 26.5. The third kappa shape index (κ3) is 5.98. The molecule has 0 aliphatic carbocycles. The van der Waals surface area contributed by atoms with E-state index in [1.54, 1.807) is 24.3 Å². The molecule has 1 saturated heterocycles. The number of ether oxygens (including phenoxy) is 2. The molecule has 0 atom stereocenters. The Morgan fingerprint density at radius 3 is 2.36 bits per heavy atom. The van der Waals surface area contributed by atoms with E-state index < -0.39 is 17.8 Å². The number of nitrogens with zero attached hydrogens (tertiary/aromatic N) is 1. The van der Waals surface area contributed by atoms with E-state index in [0.717, 1.165) is 43.4 Å². The molecule has 5 rings (SSSR count). The standard InChI is InChI=1S/C30H26F3NO5/c1-2-14-34-17-23(18-34)37-21-10-8-19(9-11-21)15-25-24-13-12-22(38-29(36)30(31,32)33)16-26(24)39-28(35)27(25)20-6-4-3-5-7-20/h3-13,16,23H,2,14-15,17-18H2,1H3. The van der Waals surface area contributed by atoms with Crippen molar-refractivity contribution in [3.63, 3.8) is 0 Å². The van der Waals surface area contributed by atoms with Crippen LogP contribution < -0.4 is 15.1 Å². The minimum atomic E-state index is -5.15. The Bertz CT molecular complexity index is 1530. The number of rotatable bonds is 8. The fraction of sp³-hybridized carbons (Fsp3) is 0.267. The summed E-state index contributed by atoms with van der Waals surface area (Å²) in [6.07, 6.45) is -3.53. The highest BCUT2D eigenvalue weighted by Crippen LogP contribution is 2.32. The summed E-state index contributed by atoms with van der Waals surface area (Å²) >= 11 is 0. The fourth-order valence-corrected chi connectivity index (χ4v) is 4.73. The van der Waals surface area contributed by atoms with Crippen molar-refractivity contribution in [2.24, 2.45) is 0 Å². The van der Waals surface area contributed by atoms with Crippen molar-refractivity contribution in [2.45, 2.75) is 32.0 Å². The van der Waals surface area contributed by atoms with Gasteiger partial charge in [0.1, 0.15) is 23.2 Å². The molecule has 0 amide bonds. The van der Waals surface area contributed by atoms with Crippen molar-refractivity contribution >= 4 is 16.9 Å². The molecular weight excluding hydrogens is 511 g/mol. The lowest BCUT2D eigenvalue weighted by atomic mass is 9.93. The second-order valence-corrected chi connectivity index (χ2v) is 9.47. The zero-order chi connectivity index (χ0) is 27.6. The van der Waals surface area contributed by atoms with E-state index in [1.165, 1.54) is 12.1 Å². The SMILES string of the molecule is CCCN1CC(Oc2ccc(Cc3c(-c4ccccc4)c(=O)oc4cc(OC(=O)C(F)(F)F)ccc34)cc2)C1. The molecule has 39 heavy (non-hydrogen) atoms. The summed E-state index contributed by atoms with van der Waals surface area (Å²) in [6.45, 7) is 5.02. The van der Waals surface area contributed by atoms with Gasteiger partial charge in [0.05, 0.1) is 5.56 Å². The van der Waals surface area contributed by atoms with Crippen molar-refractivity contribution in [1.82, 2.24) is 4.90 Å². The van der Waals surface area contributed by atoms with Crippen LogP contribution in [0.15, 0.2) is 82.0 Å². The van der Waals surface area contributed by atoms with Crippen molar-refractivity contribution in [3.8, 4) is 22.6 Å². The van der Waals surface area contributed by atoms with E-state index in [-0.39, 0.29) is 17.4 Å². The summed E-state index contributed by atoms with van der Waals surface area (Å²) in [5.74, 6) is -1.97. The molecule has 0 radical (unpaired) electrons. The van der Waals surface area contributed by atoms with E-state index in [4.69, 9.17) is 9.15 Å². The number of likely N-dealkylation sites (tertiary alicyclic amines) is 1. The quantitative estimate of drug-likeness (QED) is 0.156. The topological polar surface area (TPSA) is 69.0 Å². The van der Waals surface area contributed by atoms with Gasteiger partial charge in [0.2, 0.25) is 0 Å². The van der Waals surface area contributed by atoms with Crippen LogP contribution >= 0.6 is 0 Å². The summed E-state index contributed by atoms with van der Waals surface area (Å²) in [6, 6.07) is 20.5. The molecule has 1 aliphatic heterocycles. The normalized spacial score (nSPS) is 14.3. The first-order chi connectivity index (χ1) is 18.7. The lowest BCUT2D eigenvalue weighted by Crippen LogP contribution is -2.53. The smallest absolute Gasteiger partial charge is 0.488 e. The maximum atomic E-state index is 13.1. The van der Waals surface area contributed by atoms with Gasteiger partial charge in [0.15, 0.2) is 0 Å². The summed E-state index contributed by atoms with van der Waals surface area (Å²) in [7, 11) is 0. The molecule has 0 unspecified atom stereocenters. The summed E-state index contributed by atoms with van der Waals surface area (Å²) in [4.78, 5) is 26.8. The van der Waals surface area contributed by atoms with E-state index in [2.05, 4.69) is 16.6 Å². The number of esters is 1. The molecule has 9 heteroatoms. The van der Waals surface area contributed by atoms with Crippen LogP contribution in [0.3, 0.4) is 0 Å².